The van der Waals surface area contributed by atoms with E-state index in [1.807, 2.05) is 0 Å². The second kappa shape index (κ2) is 5.84. The average Bonchev–Trinajstić information content (AvgIpc) is 2.74. The number of carbonyl (C=O) groups excluding carboxylic acids is 1. The number of carbonyl (C=O) groups is 1. The molecule has 2 aliphatic rings. The largest absolute Gasteiger partial charge is 0.373 e. The van der Waals surface area contributed by atoms with Gasteiger partial charge in [0.05, 0.1) is 12.7 Å². The number of hydrogen-bond donors (Lipinski definition) is 1. The number of rotatable bonds is 4. The van der Waals surface area contributed by atoms with Gasteiger partial charge in [0.1, 0.15) is 0 Å². The Bertz CT molecular complexity index is 250. The van der Waals surface area contributed by atoms with E-state index in [0.29, 0.717) is 24.9 Å². The van der Waals surface area contributed by atoms with Crippen LogP contribution in [0.15, 0.2) is 0 Å². The number of halogens is 1. The molecule has 2 atom stereocenters. The predicted molar refractivity (Wildman–Crippen MR) is 62.7 cm³/mol. The van der Waals surface area contributed by atoms with Gasteiger partial charge >= 0.3 is 0 Å². The summed E-state index contributed by atoms with van der Waals surface area (Å²) >= 11 is 5.49. The molecule has 0 bridgehead atoms. The van der Waals surface area contributed by atoms with Crippen LogP contribution in [0, 0.1) is 0 Å². The first-order valence-corrected chi connectivity index (χ1v) is 6.51. The van der Waals surface area contributed by atoms with Crippen molar-refractivity contribution < 1.29 is 9.53 Å². The number of nitrogens with one attached hydrogen (secondary N) is 1. The van der Waals surface area contributed by atoms with E-state index in [1.54, 1.807) is 0 Å². The lowest BCUT2D eigenvalue weighted by Crippen LogP contribution is -2.50. The molecule has 4 nitrogen and oxygen atoms in total. The fourth-order valence-corrected chi connectivity index (χ4v) is 2.58. The molecule has 2 fully saturated rings. The fraction of sp³-hybridized carbons (Fsp3) is 0.909. The molecule has 2 heterocycles. The highest BCUT2D eigenvalue weighted by atomic mass is 35.5. The zero-order valence-corrected chi connectivity index (χ0v) is 10.2. The molecule has 2 rings (SSSR count). The van der Waals surface area contributed by atoms with Gasteiger partial charge in [-0.2, -0.15) is 0 Å². The normalized spacial score (nSPS) is 30.1. The molecule has 0 radical (unpaired) electrons. The summed E-state index contributed by atoms with van der Waals surface area (Å²) in [7, 11) is 0. The molecule has 1 N–H and O–H groups in total. The van der Waals surface area contributed by atoms with Crippen molar-refractivity contribution in [1.82, 2.24) is 10.2 Å². The molecular weight excluding hydrogens is 228 g/mol. The van der Waals surface area contributed by atoms with Gasteiger partial charge in [-0.3, -0.25) is 9.69 Å². The van der Waals surface area contributed by atoms with Gasteiger partial charge < -0.3 is 10.1 Å². The van der Waals surface area contributed by atoms with Crippen molar-refractivity contribution >= 4 is 17.5 Å². The van der Waals surface area contributed by atoms with Crippen LogP contribution in [0.5, 0.6) is 0 Å². The van der Waals surface area contributed by atoms with Crippen LogP contribution >= 0.6 is 11.6 Å². The molecular formula is C11H19ClN2O2. The molecule has 0 aromatic heterocycles. The van der Waals surface area contributed by atoms with Crippen molar-refractivity contribution in [1.29, 1.82) is 0 Å². The topological polar surface area (TPSA) is 41.6 Å². The number of alkyl halides is 1. The maximum absolute atomic E-state index is 11.2. The highest BCUT2D eigenvalue weighted by molar-refractivity contribution is 6.18. The monoisotopic (exact) mass is 246 g/mol. The summed E-state index contributed by atoms with van der Waals surface area (Å²) in [6.45, 7) is 3.56. The van der Waals surface area contributed by atoms with Crippen LogP contribution < -0.4 is 5.32 Å². The Balaban J connectivity index is 1.69. The third-order valence-corrected chi connectivity index (χ3v) is 3.50. The lowest BCUT2D eigenvalue weighted by Gasteiger charge is -2.35. The highest BCUT2D eigenvalue weighted by Gasteiger charge is 2.32. The Morgan fingerprint density at radius 1 is 1.56 bits per heavy atom. The number of ether oxygens (including phenoxy) is 1. The number of morpholine rings is 1. The van der Waals surface area contributed by atoms with E-state index < -0.39 is 0 Å². The molecule has 2 unspecified atom stereocenters. The molecule has 16 heavy (non-hydrogen) atoms. The van der Waals surface area contributed by atoms with Gasteiger partial charge in [0.15, 0.2) is 0 Å². The molecule has 2 saturated heterocycles. The molecule has 2 aliphatic heterocycles. The van der Waals surface area contributed by atoms with Gasteiger partial charge in [-0.25, -0.2) is 0 Å². The molecule has 5 heteroatoms. The zero-order chi connectivity index (χ0) is 11.4. The van der Waals surface area contributed by atoms with E-state index in [1.165, 1.54) is 19.4 Å². The maximum Gasteiger partial charge on any atom is 0.221 e. The standard InChI is InChI=1S/C11H19ClN2O2/c12-4-3-11(15)13-6-10-7-14-5-1-2-9(14)8-16-10/h9-10H,1-8H2,(H,13,15). The second-order valence-corrected chi connectivity index (χ2v) is 4.87. The van der Waals surface area contributed by atoms with E-state index in [0.717, 1.165) is 13.2 Å². The van der Waals surface area contributed by atoms with Crippen molar-refractivity contribution in [2.24, 2.45) is 0 Å². The molecule has 0 aliphatic carbocycles. The number of amides is 1. The zero-order valence-electron chi connectivity index (χ0n) is 9.45. The lowest BCUT2D eigenvalue weighted by molar-refractivity contribution is -0.122. The maximum atomic E-state index is 11.2. The van der Waals surface area contributed by atoms with Crippen molar-refractivity contribution in [3.63, 3.8) is 0 Å². The third kappa shape index (κ3) is 3.09. The molecule has 0 aromatic rings. The van der Waals surface area contributed by atoms with Gasteiger partial charge in [0, 0.05) is 31.4 Å². The number of fused-ring (bicyclic) bond motifs is 1. The molecule has 1 amide bonds. The third-order valence-electron chi connectivity index (χ3n) is 3.31. The minimum atomic E-state index is 0.0159. The number of nitrogens with zero attached hydrogens (tertiary/aromatic N) is 1. The van der Waals surface area contributed by atoms with Crippen molar-refractivity contribution in [2.45, 2.75) is 31.4 Å². The van der Waals surface area contributed by atoms with Gasteiger partial charge in [-0.1, -0.05) is 0 Å². The minimum absolute atomic E-state index is 0.0159. The van der Waals surface area contributed by atoms with Crippen LogP contribution in [-0.4, -0.2) is 55.1 Å². The first-order chi connectivity index (χ1) is 7.79. The molecule has 0 saturated carbocycles. The molecule has 0 aromatic carbocycles. The van der Waals surface area contributed by atoms with Gasteiger partial charge in [-0.15, -0.1) is 11.6 Å². The first-order valence-electron chi connectivity index (χ1n) is 5.98. The van der Waals surface area contributed by atoms with E-state index in [9.17, 15) is 4.79 Å². The van der Waals surface area contributed by atoms with Gasteiger partial charge in [-0.05, 0) is 19.4 Å². The van der Waals surface area contributed by atoms with Crippen LogP contribution in [0.4, 0.5) is 0 Å². The van der Waals surface area contributed by atoms with Crippen LogP contribution in [0.3, 0.4) is 0 Å². The van der Waals surface area contributed by atoms with Crippen LogP contribution in [0.1, 0.15) is 19.3 Å². The second-order valence-electron chi connectivity index (χ2n) is 4.49. The van der Waals surface area contributed by atoms with E-state index in [4.69, 9.17) is 16.3 Å². The number of hydrogen-bond acceptors (Lipinski definition) is 3. The van der Waals surface area contributed by atoms with E-state index in [-0.39, 0.29) is 12.0 Å². The lowest BCUT2D eigenvalue weighted by atomic mass is 10.2. The van der Waals surface area contributed by atoms with Crippen molar-refractivity contribution in [2.75, 3.05) is 32.1 Å². The summed E-state index contributed by atoms with van der Waals surface area (Å²) < 4.78 is 5.73. The Labute approximate surface area is 101 Å². The summed E-state index contributed by atoms with van der Waals surface area (Å²) in [5.41, 5.74) is 0. The van der Waals surface area contributed by atoms with Crippen LogP contribution in [-0.2, 0) is 9.53 Å². The fourth-order valence-electron chi connectivity index (χ4n) is 2.41. The smallest absolute Gasteiger partial charge is 0.221 e. The Morgan fingerprint density at radius 2 is 2.44 bits per heavy atom. The van der Waals surface area contributed by atoms with Gasteiger partial charge in [0.25, 0.3) is 0 Å². The Hall–Kier alpha value is -0.320. The first kappa shape index (κ1) is 12.1. The molecule has 92 valence electrons. The predicted octanol–water partition coefficient (Wildman–Crippen LogP) is 0.595. The summed E-state index contributed by atoms with van der Waals surface area (Å²) in [5, 5.41) is 2.86. The van der Waals surface area contributed by atoms with Gasteiger partial charge in [0.2, 0.25) is 5.91 Å². The van der Waals surface area contributed by atoms with Crippen molar-refractivity contribution in [3.05, 3.63) is 0 Å². The summed E-state index contributed by atoms with van der Waals surface area (Å²) in [4.78, 5) is 13.7. The summed E-state index contributed by atoms with van der Waals surface area (Å²) in [6, 6.07) is 0.620. The highest BCUT2D eigenvalue weighted by Crippen LogP contribution is 2.22. The summed E-state index contributed by atoms with van der Waals surface area (Å²) in [6.07, 6.45) is 3.07. The minimum Gasteiger partial charge on any atom is -0.373 e. The SMILES string of the molecule is O=C(CCCl)NCC1CN2CCCC2CO1. The van der Waals surface area contributed by atoms with Crippen molar-refractivity contribution in [3.8, 4) is 0 Å². The Morgan fingerprint density at radius 3 is 3.25 bits per heavy atom. The Kier molecular flexibility index (Phi) is 4.44. The quantitative estimate of drug-likeness (QED) is 0.739. The van der Waals surface area contributed by atoms with E-state index in [2.05, 4.69) is 10.2 Å². The average molecular weight is 247 g/mol. The molecule has 0 spiro atoms. The summed E-state index contributed by atoms with van der Waals surface area (Å²) in [5.74, 6) is 0.396. The van der Waals surface area contributed by atoms with E-state index >= 15 is 0 Å². The van der Waals surface area contributed by atoms with Crippen LogP contribution in [0.2, 0.25) is 0 Å². The van der Waals surface area contributed by atoms with Crippen LogP contribution in [0.25, 0.3) is 0 Å².